The molecule has 0 aromatic heterocycles. The fraction of sp³-hybridized carbons (Fsp3) is 0.750. The van der Waals surface area contributed by atoms with Crippen LogP contribution in [0.2, 0.25) is 0 Å². The van der Waals surface area contributed by atoms with Crippen LogP contribution in [0, 0.1) is 6.92 Å². The molecule has 0 atom stereocenters. The van der Waals surface area contributed by atoms with E-state index in [9.17, 15) is 0 Å². The number of rotatable bonds is 8. The van der Waals surface area contributed by atoms with E-state index < -0.39 is 0 Å². The summed E-state index contributed by atoms with van der Waals surface area (Å²) in [5.41, 5.74) is 0. The average Bonchev–Trinajstić information content (AvgIpc) is 2.17. The van der Waals surface area contributed by atoms with Gasteiger partial charge in [0.15, 0.2) is 0 Å². The predicted molar refractivity (Wildman–Crippen MR) is 60.8 cm³/mol. The SMILES string of the molecule is [CH2-]C=CCN(CCCC)CCCC.[Li+]. The molecule has 0 bridgehead atoms. The molecule has 1 nitrogen and oxygen atoms in total. The van der Waals surface area contributed by atoms with E-state index in [-0.39, 0.29) is 18.9 Å². The van der Waals surface area contributed by atoms with Crippen LogP contribution in [0.3, 0.4) is 0 Å². The maximum Gasteiger partial charge on any atom is 1.00 e. The minimum absolute atomic E-state index is 0. The first-order chi connectivity index (χ1) is 6.35. The minimum Gasteiger partial charge on any atom is -0.316 e. The Morgan fingerprint density at radius 1 is 1.07 bits per heavy atom. The molecule has 0 aliphatic carbocycles. The molecular weight excluding hydrogens is 165 g/mol. The monoisotopic (exact) mass is 189 g/mol. The molecule has 0 aliphatic heterocycles. The number of allylic oxidation sites excluding steroid dienone is 1. The van der Waals surface area contributed by atoms with Gasteiger partial charge in [0.05, 0.1) is 0 Å². The van der Waals surface area contributed by atoms with Crippen molar-refractivity contribution in [2.75, 3.05) is 19.6 Å². The minimum atomic E-state index is 0. The Morgan fingerprint density at radius 3 is 1.93 bits per heavy atom. The summed E-state index contributed by atoms with van der Waals surface area (Å²) in [7, 11) is 0. The summed E-state index contributed by atoms with van der Waals surface area (Å²) in [5, 5.41) is 0. The summed E-state index contributed by atoms with van der Waals surface area (Å²) in [6.07, 6.45) is 9.24. The number of hydrogen-bond donors (Lipinski definition) is 0. The predicted octanol–water partition coefficient (Wildman–Crippen LogP) is 0.283. The molecule has 0 fully saturated rings. The Bertz CT molecular complexity index is 115. The largest absolute Gasteiger partial charge is 1.00 e. The molecule has 2 heteroatoms. The van der Waals surface area contributed by atoms with Crippen molar-refractivity contribution in [2.24, 2.45) is 0 Å². The third-order valence-electron chi connectivity index (χ3n) is 2.19. The van der Waals surface area contributed by atoms with Crippen molar-refractivity contribution in [2.45, 2.75) is 39.5 Å². The second kappa shape index (κ2) is 13.2. The van der Waals surface area contributed by atoms with Crippen LogP contribution in [0.25, 0.3) is 0 Å². The molecule has 0 spiro atoms. The van der Waals surface area contributed by atoms with E-state index in [1.165, 1.54) is 38.8 Å². The van der Waals surface area contributed by atoms with Gasteiger partial charge in [-0.2, -0.15) is 0 Å². The Kier molecular flexibility index (Phi) is 15.6. The normalized spacial score (nSPS) is 10.8. The van der Waals surface area contributed by atoms with Gasteiger partial charge in [-0.3, -0.25) is 0 Å². The van der Waals surface area contributed by atoms with Gasteiger partial charge in [-0.1, -0.05) is 26.7 Å². The van der Waals surface area contributed by atoms with Gasteiger partial charge < -0.3 is 4.90 Å². The molecule has 0 aromatic carbocycles. The number of unbranched alkanes of at least 4 members (excludes halogenated alkanes) is 2. The quantitative estimate of drug-likeness (QED) is 0.392. The number of nitrogens with zero attached hydrogens (tertiary/aromatic N) is 1. The fourth-order valence-electron chi connectivity index (χ4n) is 1.28. The standard InChI is InChI=1S/C12H24N.Li/c1-4-7-10-13(11-8-5-2)12-9-6-3;/h4,7H,1,5-6,8-12H2,2-3H3;/q-1;+1. The van der Waals surface area contributed by atoms with Crippen molar-refractivity contribution in [3.63, 3.8) is 0 Å². The molecule has 0 aromatic rings. The van der Waals surface area contributed by atoms with Gasteiger partial charge in [0.25, 0.3) is 0 Å². The smallest absolute Gasteiger partial charge is 0.316 e. The first-order valence-electron chi connectivity index (χ1n) is 5.51. The van der Waals surface area contributed by atoms with Crippen LogP contribution in [0.5, 0.6) is 0 Å². The van der Waals surface area contributed by atoms with Crippen LogP contribution in [0.1, 0.15) is 39.5 Å². The summed E-state index contributed by atoms with van der Waals surface area (Å²) < 4.78 is 0. The van der Waals surface area contributed by atoms with Crippen molar-refractivity contribution in [1.29, 1.82) is 0 Å². The second-order valence-electron chi connectivity index (χ2n) is 3.48. The Balaban J connectivity index is 0. The molecule has 0 heterocycles. The van der Waals surface area contributed by atoms with Gasteiger partial charge in [-0.15, -0.1) is 0 Å². The van der Waals surface area contributed by atoms with E-state index in [0.717, 1.165) is 6.54 Å². The molecule has 0 radical (unpaired) electrons. The zero-order valence-electron chi connectivity index (χ0n) is 10.3. The van der Waals surface area contributed by atoms with E-state index in [1.54, 1.807) is 0 Å². The molecule has 78 valence electrons. The molecule has 0 N–H and O–H groups in total. The van der Waals surface area contributed by atoms with Crippen LogP contribution < -0.4 is 18.9 Å². The molecule has 0 saturated heterocycles. The zero-order chi connectivity index (χ0) is 9.94. The maximum absolute atomic E-state index is 3.71. The summed E-state index contributed by atoms with van der Waals surface area (Å²) in [6.45, 7) is 11.7. The Hall–Kier alpha value is 0.167. The zero-order valence-corrected chi connectivity index (χ0v) is 10.3. The van der Waals surface area contributed by atoms with Gasteiger partial charge >= 0.3 is 18.9 Å². The molecule has 0 amide bonds. The van der Waals surface area contributed by atoms with Crippen molar-refractivity contribution < 1.29 is 18.9 Å². The first kappa shape index (κ1) is 16.6. The fourth-order valence-corrected chi connectivity index (χ4v) is 1.28. The van der Waals surface area contributed by atoms with Crippen LogP contribution in [0.4, 0.5) is 0 Å². The number of hydrogen-bond acceptors (Lipinski definition) is 1. The molecule has 0 rings (SSSR count). The maximum atomic E-state index is 3.71. The van der Waals surface area contributed by atoms with E-state index >= 15 is 0 Å². The van der Waals surface area contributed by atoms with Crippen LogP contribution >= 0.6 is 0 Å². The van der Waals surface area contributed by atoms with Gasteiger partial charge in [0, 0.05) is 0 Å². The second-order valence-corrected chi connectivity index (χ2v) is 3.48. The van der Waals surface area contributed by atoms with Crippen LogP contribution in [0.15, 0.2) is 12.2 Å². The van der Waals surface area contributed by atoms with E-state index in [2.05, 4.69) is 31.7 Å². The van der Waals surface area contributed by atoms with Gasteiger partial charge in [0.2, 0.25) is 0 Å². The van der Waals surface area contributed by atoms with Gasteiger partial charge in [-0.05, 0) is 32.5 Å². The van der Waals surface area contributed by atoms with Crippen molar-refractivity contribution in [3.8, 4) is 0 Å². The van der Waals surface area contributed by atoms with Crippen molar-refractivity contribution >= 4 is 0 Å². The third-order valence-corrected chi connectivity index (χ3v) is 2.19. The Labute approximate surface area is 102 Å². The summed E-state index contributed by atoms with van der Waals surface area (Å²) >= 11 is 0. The third kappa shape index (κ3) is 10.2. The van der Waals surface area contributed by atoms with Gasteiger partial charge in [0.1, 0.15) is 0 Å². The van der Waals surface area contributed by atoms with Gasteiger partial charge in [-0.25, -0.2) is 19.1 Å². The molecule has 0 saturated carbocycles. The van der Waals surface area contributed by atoms with E-state index in [0.29, 0.717) is 0 Å². The average molecular weight is 189 g/mol. The molecule has 0 aliphatic rings. The molecule has 0 unspecified atom stereocenters. The van der Waals surface area contributed by atoms with Crippen molar-refractivity contribution in [1.82, 2.24) is 4.90 Å². The van der Waals surface area contributed by atoms with Crippen molar-refractivity contribution in [3.05, 3.63) is 19.1 Å². The van der Waals surface area contributed by atoms with Crippen LogP contribution in [-0.2, 0) is 0 Å². The van der Waals surface area contributed by atoms with Crippen LogP contribution in [-0.4, -0.2) is 24.5 Å². The van der Waals surface area contributed by atoms with E-state index in [1.807, 2.05) is 6.08 Å². The molecular formula is C12H24LiN. The summed E-state index contributed by atoms with van der Waals surface area (Å²) in [5.74, 6) is 0. The summed E-state index contributed by atoms with van der Waals surface area (Å²) in [6, 6.07) is 0. The first-order valence-corrected chi connectivity index (χ1v) is 5.51. The summed E-state index contributed by atoms with van der Waals surface area (Å²) in [4.78, 5) is 2.51. The van der Waals surface area contributed by atoms with E-state index in [4.69, 9.17) is 0 Å². The molecule has 14 heavy (non-hydrogen) atoms. The topological polar surface area (TPSA) is 3.24 Å². The Morgan fingerprint density at radius 2 is 1.57 bits per heavy atom.